The highest BCUT2D eigenvalue weighted by Crippen LogP contribution is 2.43. The third-order valence-electron chi connectivity index (χ3n) is 6.81. The molecule has 33 heavy (non-hydrogen) atoms. The van der Waals surface area contributed by atoms with E-state index >= 15 is 0 Å². The number of aliphatic hydroxyl groups is 1. The summed E-state index contributed by atoms with van der Waals surface area (Å²) in [5.41, 5.74) is 4.83. The quantitative estimate of drug-likeness (QED) is 0.669. The van der Waals surface area contributed by atoms with Crippen LogP contribution < -0.4 is 0 Å². The molecule has 0 radical (unpaired) electrons. The van der Waals surface area contributed by atoms with E-state index in [-0.39, 0.29) is 43.0 Å². The molecule has 0 unspecified atom stereocenters. The number of hydrogen-bond donors (Lipinski definition) is 1. The molecule has 3 aromatic carbocycles. The second kappa shape index (κ2) is 8.45. The molecule has 2 heterocycles. The van der Waals surface area contributed by atoms with Gasteiger partial charge in [-0.3, -0.25) is 9.59 Å². The van der Waals surface area contributed by atoms with Crippen molar-refractivity contribution in [3.05, 3.63) is 95.3 Å². The Morgan fingerprint density at radius 3 is 2.18 bits per heavy atom. The van der Waals surface area contributed by atoms with Crippen molar-refractivity contribution in [2.75, 3.05) is 19.7 Å². The van der Waals surface area contributed by atoms with E-state index in [0.717, 1.165) is 16.7 Å². The van der Waals surface area contributed by atoms with Crippen LogP contribution in [-0.4, -0.2) is 58.5 Å². The summed E-state index contributed by atoms with van der Waals surface area (Å²) in [6, 6.07) is 21.4. The Bertz CT molecular complexity index is 1180. The molecule has 1 N–H and O–H groups in total. The summed E-state index contributed by atoms with van der Waals surface area (Å²) in [6.45, 7) is 2.27. The number of nitrogens with zero attached hydrogens (tertiary/aromatic N) is 2. The van der Waals surface area contributed by atoms with E-state index in [4.69, 9.17) is 0 Å². The lowest BCUT2D eigenvalue weighted by atomic mass is 9.73. The minimum absolute atomic E-state index is 0.0394. The third kappa shape index (κ3) is 3.80. The summed E-state index contributed by atoms with van der Waals surface area (Å²) in [4.78, 5) is 29.0. The Hall–Kier alpha value is -3.51. The zero-order valence-electron chi connectivity index (χ0n) is 18.3. The summed E-state index contributed by atoms with van der Waals surface area (Å²) in [5.74, 6) is -0.932. The highest BCUT2D eigenvalue weighted by atomic mass is 19.1. The molecule has 5 rings (SSSR count). The van der Waals surface area contributed by atoms with Gasteiger partial charge in [0.15, 0.2) is 0 Å². The summed E-state index contributed by atoms with van der Waals surface area (Å²) in [5, 5.41) is 10.0. The number of fused-ring (bicyclic) bond motifs is 1. The lowest BCUT2D eigenvalue weighted by Gasteiger charge is -2.58. The molecule has 2 saturated heterocycles. The van der Waals surface area contributed by atoms with Crippen LogP contribution in [0.15, 0.2) is 72.8 Å². The van der Waals surface area contributed by atoms with Gasteiger partial charge in [-0.25, -0.2) is 4.39 Å². The smallest absolute Gasteiger partial charge is 0.254 e. The third-order valence-corrected chi connectivity index (χ3v) is 6.81. The van der Waals surface area contributed by atoms with Gasteiger partial charge in [-0.15, -0.1) is 0 Å². The van der Waals surface area contributed by atoms with Crippen LogP contribution in [0.3, 0.4) is 0 Å². The van der Waals surface area contributed by atoms with Crippen LogP contribution in [0.4, 0.5) is 4.39 Å². The Morgan fingerprint density at radius 2 is 1.58 bits per heavy atom. The van der Waals surface area contributed by atoms with Gasteiger partial charge in [-0.2, -0.15) is 0 Å². The fourth-order valence-electron chi connectivity index (χ4n) is 5.07. The van der Waals surface area contributed by atoms with Crippen LogP contribution >= 0.6 is 0 Å². The molecule has 6 heteroatoms. The van der Waals surface area contributed by atoms with Crippen LogP contribution in [0.25, 0.3) is 11.1 Å². The van der Waals surface area contributed by atoms with Crippen molar-refractivity contribution in [3.63, 3.8) is 0 Å². The molecule has 0 spiro atoms. The molecule has 0 aromatic heterocycles. The first kappa shape index (κ1) is 21.3. The van der Waals surface area contributed by atoms with E-state index in [1.54, 1.807) is 4.90 Å². The Labute approximate surface area is 192 Å². The first-order chi connectivity index (χ1) is 16.0. The molecule has 168 valence electrons. The molecule has 0 aliphatic carbocycles. The van der Waals surface area contributed by atoms with Gasteiger partial charge in [-0.05, 0) is 47.9 Å². The maximum Gasteiger partial charge on any atom is 0.254 e. The second-order valence-electron chi connectivity index (χ2n) is 8.82. The standard InChI is InChI=1S/C27H25FN2O3/c1-17-2-4-18(5-3-17)19-6-8-20(9-7-19)26-23-14-29(15-25(32)30(23)24(26)16-31)27(33)21-10-12-22(28)13-11-21/h2-13,23-24,26,31H,14-16H2,1H3/t23-,24+,26+/m0/s1. The van der Waals surface area contributed by atoms with E-state index in [1.165, 1.54) is 34.7 Å². The van der Waals surface area contributed by atoms with E-state index in [2.05, 4.69) is 43.3 Å². The van der Waals surface area contributed by atoms with Crippen molar-refractivity contribution >= 4 is 11.8 Å². The number of hydrogen-bond acceptors (Lipinski definition) is 3. The highest BCUT2D eigenvalue weighted by Gasteiger charge is 2.54. The molecule has 3 atom stereocenters. The molecule has 2 aliphatic heterocycles. The van der Waals surface area contributed by atoms with Gasteiger partial charge in [-0.1, -0.05) is 54.1 Å². The van der Waals surface area contributed by atoms with E-state index in [9.17, 15) is 19.1 Å². The fourth-order valence-corrected chi connectivity index (χ4v) is 5.07. The number of carbonyl (C=O) groups is 2. The number of aryl methyl sites for hydroxylation is 1. The summed E-state index contributed by atoms with van der Waals surface area (Å²) < 4.78 is 13.2. The van der Waals surface area contributed by atoms with Gasteiger partial charge in [0.2, 0.25) is 5.91 Å². The molecule has 2 fully saturated rings. The van der Waals surface area contributed by atoms with Gasteiger partial charge < -0.3 is 14.9 Å². The highest BCUT2D eigenvalue weighted by molar-refractivity contribution is 5.97. The molecule has 0 saturated carbocycles. The number of benzene rings is 3. The number of carbonyl (C=O) groups excluding carboxylic acids is 2. The molecular weight excluding hydrogens is 419 g/mol. The number of amides is 2. The average molecular weight is 445 g/mol. The normalized spacial score (nSPS) is 22.0. The molecule has 5 nitrogen and oxygen atoms in total. The molecule has 2 aliphatic rings. The summed E-state index contributed by atoms with van der Waals surface area (Å²) in [6.07, 6.45) is 0. The minimum atomic E-state index is -0.411. The molecule has 3 aromatic rings. The minimum Gasteiger partial charge on any atom is -0.394 e. The largest absolute Gasteiger partial charge is 0.394 e. The van der Waals surface area contributed by atoms with Gasteiger partial charge in [0.25, 0.3) is 5.91 Å². The number of aliphatic hydroxyl groups excluding tert-OH is 1. The van der Waals surface area contributed by atoms with Crippen LogP contribution in [0.1, 0.15) is 27.4 Å². The van der Waals surface area contributed by atoms with E-state index in [1.807, 2.05) is 12.1 Å². The summed E-state index contributed by atoms with van der Waals surface area (Å²) in [7, 11) is 0. The molecule has 0 bridgehead atoms. The molecular formula is C27H25FN2O3. The Morgan fingerprint density at radius 1 is 0.970 bits per heavy atom. The number of piperazine rings is 1. The van der Waals surface area contributed by atoms with Crippen molar-refractivity contribution in [1.82, 2.24) is 9.80 Å². The SMILES string of the molecule is Cc1ccc(-c2ccc([C@H]3[C@@H](CO)N4C(=O)CN(C(=O)c5ccc(F)cc5)C[C@@H]34)cc2)cc1. The lowest BCUT2D eigenvalue weighted by molar-refractivity contribution is -0.159. The lowest BCUT2D eigenvalue weighted by Crippen LogP contribution is -2.73. The zero-order chi connectivity index (χ0) is 23.1. The van der Waals surface area contributed by atoms with Gasteiger partial charge in [0.05, 0.1) is 18.7 Å². The Kier molecular flexibility index (Phi) is 5.46. The van der Waals surface area contributed by atoms with Gasteiger partial charge >= 0.3 is 0 Å². The topological polar surface area (TPSA) is 60.9 Å². The van der Waals surface area contributed by atoms with E-state index in [0.29, 0.717) is 12.1 Å². The maximum atomic E-state index is 13.2. The average Bonchev–Trinajstić information content (AvgIpc) is 2.81. The predicted octanol–water partition coefficient (Wildman–Crippen LogP) is 3.61. The Balaban J connectivity index is 1.38. The first-order valence-corrected chi connectivity index (χ1v) is 11.1. The fraction of sp³-hybridized carbons (Fsp3) is 0.259. The van der Waals surface area contributed by atoms with Gasteiger partial charge in [0.1, 0.15) is 12.4 Å². The van der Waals surface area contributed by atoms with Crippen molar-refractivity contribution in [1.29, 1.82) is 0 Å². The van der Waals surface area contributed by atoms with Gasteiger partial charge in [0, 0.05) is 18.0 Å². The number of halogens is 1. The van der Waals surface area contributed by atoms with Crippen LogP contribution in [-0.2, 0) is 4.79 Å². The van der Waals surface area contributed by atoms with Crippen molar-refractivity contribution in [2.24, 2.45) is 0 Å². The second-order valence-corrected chi connectivity index (χ2v) is 8.82. The summed E-state index contributed by atoms with van der Waals surface area (Å²) >= 11 is 0. The van der Waals surface area contributed by atoms with E-state index < -0.39 is 5.82 Å². The predicted molar refractivity (Wildman–Crippen MR) is 123 cm³/mol. The van der Waals surface area contributed by atoms with Crippen molar-refractivity contribution in [2.45, 2.75) is 24.9 Å². The van der Waals surface area contributed by atoms with Crippen molar-refractivity contribution < 1.29 is 19.1 Å². The van der Waals surface area contributed by atoms with Crippen molar-refractivity contribution in [3.8, 4) is 11.1 Å². The molecule has 2 amide bonds. The maximum absolute atomic E-state index is 13.2. The zero-order valence-corrected chi connectivity index (χ0v) is 18.3. The monoisotopic (exact) mass is 444 g/mol. The van der Waals surface area contributed by atoms with Crippen LogP contribution in [0, 0.1) is 12.7 Å². The first-order valence-electron chi connectivity index (χ1n) is 11.1. The number of rotatable bonds is 4. The van der Waals surface area contributed by atoms with Crippen LogP contribution in [0.5, 0.6) is 0 Å². The van der Waals surface area contributed by atoms with Crippen LogP contribution in [0.2, 0.25) is 0 Å².